The fourth-order valence-corrected chi connectivity index (χ4v) is 2.97. The molecule has 0 saturated heterocycles. The largest absolute Gasteiger partial charge is 0.479 e. The van der Waals surface area contributed by atoms with Gasteiger partial charge in [0.05, 0.1) is 23.4 Å². The third-order valence-corrected chi connectivity index (χ3v) is 4.54. The van der Waals surface area contributed by atoms with Gasteiger partial charge < -0.3 is 9.47 Å². The van der Waals surface area contributed by atoms with Crippen molar-refractivity contribution in [2.24, 2.45) is 0 Å². The van der Waals surface area contributed by atoms with Crippen molar-refractivity contribution in [2.75, 3.05) is 11.5 Å². The lowest BCUT2D eigenvalue weighted by atomic mass is 10.1. The van der Waals surface area contributed by atoms with Crippen molar-refractivity contribution in [2.45, 2.75) is 39.2 Å². The molecule has 0 aromatic heterocycles. The molecule has 0 fully saturated rings. The highest BCUT2D eigenvalue weighted by Crippen LogP contribution is 2.29. The lowest BCUT2D eigenvalue weighted by Crippen LogP contribution is -2.30. The summed E-state index contributed by atoms with van der Waals surface area (Å²) in [4.78, 5) is 38.3. The Labute approximate surface area is 164 Å². The Bertz CT molecular complexity index is 840. The standard InChI is InChI=1S/C22H23NO5/c1-3-5-14-27-22(26)19(4-2)28-16-12-10-15(11-13-16)23-20(24)17-8-6-7-9-18(17)21(23)25/h6-13,19H,3-5,14H2,1-2H3/t19-/m0/s1. The molecule has 0 unspecified atom stereocenters. The lowest BCUT2D eigenvalue weighted by Gasteiger charge is -2.18. The summed E-state index contributed by atoms with van der Waals surface area (Å²) in [5.74, 6) is -0.611. The molecule has 146 valence electrons. The predicted molar refractivity (Wildman–Crippen MR) is 105 cm³/mol. The van der Waals surface area contributed by atoms with Gasteiger partial charge in [-0.05, 0) is 49.2 Å². The molecule has 2 aromatic rings. The maximum atomic E-state index is 12.5. The Morgan fingerprint density at radius 3 is 2.11 bits per heavy atom. The molecule has 3 rings (SSSR count). The van der Waals surface area contributed by atoms with E-state index in [1.165, 1.54) is 0 Å². The molecule has 1 heterocycles. The molecule has 0 radical (unpaired) electrons. The van der Waals surface area contributed by atoms with E-state index < -0.39 is 6.10 Å². The second kappa shape index (κ2) is 8.69. The van der Waals surface area contributed by atoms with E-state index in [-0.39, 0.29) is 17.8 Å². The lowest BCUT2D eigenvalue weighted by molar-refractivity contribution is -0.152. The molecule has 1 aliphatic rings. The number of unbranched alkanes of at least 4 members (excludes halogenated alkanes) is 1. The van der Waals surface area contributed by atoms with Crippen LogP contribution in [0.1, 0.15) is 53.8 Å². The minimum Gasteiger partial charge on any atom is -0.479 e. The quantitative estimate of drug-likeness (QED) is 0.393. The smallest absolute Gasteiger partial charge is 0.347 e. The number of nitrogens with zero attached hydrogens (tertiary/aromatic N) is 1. The molecule has 0 bridgehead atoms. The zero-order chi connectivity index (χ0) is 20.1. The molecule has 2 amide bonds. The molecular formula is C22H23NO5. The maximum Gasteiger partial charge on any atom is 0.347 e. The van der Waals surface area contributed by atoms with Crippen LogP contribution in [0.5, 0.6) is 5.75 Å². The van der Waals surface area contributed by atoms with E-state index in [0.29, 0.717) is 35.6 Å². The van der Waals surface area contributed by atoms with Gasteiger partial charge in [0.1, 0.15) is 5.75 Å². The number of carbonyl (C=O) groups is 3. The molecular weight excluding hydrogens is 358 g/mol. The van der Waals surface area contributed by atoms with Crippen molar-refractivity contribution in [1.82, 2.24) is 0 Å². The Morgan fingerprint density at radius 1 is 0.964 bits per heavy atom. The third-order valence-electron chi connectivity index (χ3n) is 4.54. The topological polar surface area (TPSA) is 72.9 Å². The number of ether oxygens (including phenoxy) is 2. The molecule has 1 atom stereocenters. The van der Waals surface area contributed by atoms with Crippen molar-refractivity contribution in [3.63, 3.8) is 0 Å². The summed E-state index contributed by atoms with van der Waals surface area (Å²) in [5, 5.41) is 0. The second-order valence-corrected chi connectivity index (χ2v) is 6.52. The monoisotopic (exact) mass is 381 g/mol. The SMILES string of the molecule is CCCCOC(=O)[C@H](CC)Oc1ccc(N2C(=O)c3ccccc3C2=O)cc1. The second-order valence-electron chi connectivity index (χ2n) is 6.52. The number of benzene rings is 2. The summed E-state index contributed by atoms with van der Waals surface area (Å²) in [7, 11) is 0. The van der Waals surface area contributed by atoms with E-state index in [0.717, 1.165) is 17.7 Å². The van der Waals surface area contributed by atoms with E-state index in [2.05, 4.69) is 0 Å². The van der Waals surface area contributed by atoms with Crippen LogP contribution in [-0.4, -0.2) is 30.5 Å². The summed E-state index contributed by atoms with van der Waals surface area (Å²) in [6.45, 7) is 4.25. The minimum atomic E-state index is -0.693. The molecule has 0 saturated carbocycles. The van der Waals surface area contributed by atoms with Crippen LogP contribution in [0.3, 0.4) is 0 Å². The van der Waals surface area contributed by atoms with Gasteiger partial charge in [-0.2, -0.15) is 0 Å². The summed E-state index contributed by atoms with van der Waals surface area (Å²) in [5.41, 5.74) is 1.25. The first-order valence-electron chi connectivity index (χ1n) is 9.48. The first-order chi connectivity index (χ1) is 13.6. The van der Waals surface area contributed by atoms with Gasteiger partial charge in [0.15, 0.2) is 6.10 Å². The molecule has 0 N–H and O–H groups in total. The summed E-state index contributed by atoms with van der Waals surface area (Å²) >= 11 is 0. The Balaban J connectivity index is 1.69. The van der Waals surface area contributed by atoms with Crippen molar-refractivity contribution in [1.29, 1.82) is 0 Å². The van der Waals surface area contributed by atoms with Gasteiger partial charge in [-0.15, -0.1) is 0 Å². The third kappa shape index (κ3) is 3.91. The number of carbonyl (C=O) groups excluding carboxylic acids is 3. The number of esters is 1. The average Bonchev–Trinajstić information content (AvgIpc) is 2.97. The van der Waals surface area contributed by atoms with Gasteiger partial charge in [0.2, 0.25) is 0 Å². The summed E-state index contributed by atoms with van der Waals surface area (Å²) in [6, 6.07) is 13.3. The molecule has 6 heteroatoms. The van der Waals surface area contributed by atoms with Crippen molar-refractivity contribution < 1.29 is 23.9 Å². The number of anilines is 1. The highest BCUT2D eigenvalue weighted by atomic mass is 16.6. The fourth-order valence-electron chi connectivity index (χ4n) is 2.97. The number of hydrogen-bond acceptors (Lipinski definition) is 5. The highest BCUT2D eigenvalue weighted by molar-refractivity contribution is 6.34. The number of rotatable bonds is 8. The Morgan fingerprint density at radius 2 is 1.57 bits per heavy atom. The zero-order valence-electron chi connectivity index (χ0n) is 16.0. The first kappa shape index (κ1) is 19.6. The summed E-state index contributed by atoms with van der Waals surface area (Å²) < 4.78 is 10.9. The number of amides is 2. The Hall–Kier alpha value is -3.15. The number of fused-ring (bicyclic) bond motifs is 1. The zero-order valence-corrected chi connectivity index (χ0v) is 16.0. The van der Waals surface area contributed by atoms with Gasteiger partial charge in [-0.25, -0.2) is 9.69 Å². The summed E-state index contributed by atoms with van der Waals surface area (Å²) in [6.07, 6.45) is 1.55. The molecule has 1 aliphatic heterocycles. The number of imide groups is 1. The predicted octanol–water partition coefficient (Wildman–Crippen LogP) is 3.99. The highest BCUT2D eigenvalue weighted by Gasteiger charge is 2.36. The van der Waals surface area contributed by atoms with Gasteiger partial charge in [0.25, 0.3) is 11.8 Å². The van der Waals surface area contributed by atoms with E-state index in [1.54, 1.807) is 48.5 Å². The molecule has 0 aliphatic carbocycles. The van der Waals surface area contributed by atoms with Crippen molar-refractivity contribution in [3.8, 4) is 5.75 Å². The van der Waals surface area contributed by atoms with Gasteiger partial charge in [-0.1, -0.05) is 32.4 Å². The van der Waals surface area contributed by atoms with E-state index in [1.807, 2.05) is 13.8 Å². The Kier molecular flexibility index (Phi) is 6.09. The van der Waals surface area contributed by atoms with Gasteiger partial charge in [-0.3, -0.25) is 9.59 Å². The average molecular weight is 381 g/mol. The molecule has 2 aromatic carbocycles. The van der Waals surface area contributed by atoms with Crippen LogP contribution in [-0.2, 0) is 9.53 Å². The minimum absolute atomic E-state index is 0.347. The van der Waals surface area contributed by atoms with Crippen LogP contribution in [0.2, 0.25) is 0 Å². The molecule has 28 heavy (non-hydrogen) atoms. The number of hydrogen-bond donors (Lipinski definition) is 0. The maximum absolute atomic E-state index is 12.5. The fraction of sp³-hybridized carbons (Fsp3) is 0.318. The van der Waals surface area contributed by atoms with Crippen LogP contribution < -0.4 is 9.64 Å². The van der Waals surface area contributed by atoms with Crippen LogP contribution in [0, 0.1) is 0 Å². The normalized spacial score (nSPS) is 14.0. The molecule has 0 spiro atoms. The van der Waals surface area contributed by atoms with Gasteiger partial charge >= 0.3 is 5.97 Å². The van der Waals surface area contributed by atoms with E-state index in [9.17, 15) is 14.4 Å². The van der Waals surface area contributed by atoms with Crippen LogP contribution in [0.15, 0.2) is 48.5 Å². The van der Waals surface area contributed by atoms with Crippen LogP contribution in [0.25, 0.3) is 0 Å². The van der Waals surface area contributed by atoms with Crippen molar-refractivity contribution >= 4 is 23.5 Å². The van der Waals surface area contributed by atoms with Gasteiger partial charge in [0, 0.05) is 0 Å². The van der Waals surface area contributed by atoms with Crippen molar-refractivity contribution in [3.05, 3.63) is 59.7 Å². The van der Waals surface area contributed by atoms with E-state index in [4.69, 9.17) is 9.47 Å². The molecule has 6 nitrogen and oxygen atoms in total. The van der Waals surface area contributed by atoms with E-state index >= 15 is 0 Å². The first-order valence-corrected chi connectivity index (χ1v) is 9.48. The van der Waals surface area contributed by atoms with Crippen LogP contribution >= 0.6 is 0 Å². The van der Waals surface area contributed by atoms with Crippen LogP contribution in [0.4, 0.5) is 5.69 Å².